The van der Waals surface area contributed by atoms with Crippen LogP contribution < -0.4 is 10.2 Å². The highest BCUT2D eigenvalue weighted by Crippen LogP contribution is 2.28. The molecular formula is C18H25ClN6O2S. The van der Waals surface area contributed by atoms with Gasteiger partial charge >= 0.3 is 0 Å². The minimum Gasteiger partial charge on any atom is -0.378 e. The Morgan fingerprint density at radius 1 is 1.32 bits per heavy atom. The van der Waals surface area contributed by atoms with Crippen LogP contribution in [-0.4, -0.2) is 57.2 Å². The van der Waals surface area contributed by atoms with Gasteiger partial charge in [0.1, 0.15) is 0 Å². The van der Waals surface area contributed by atoms with E-state index < -0.39 is 0 Å². The van der Waals surface area contributed by atoms with E-state index in [4.69, 9.17) is 16.3 Å². The van der Waals surface area contributed by atoms with Crippen LogP contribution in [0.1, 0.15) is 20.8 Å². The van der Waals surface area contributed by atoms with Crippen molar-refractivity contribution in [1.82, 2.24) is 19.7 Å². The molecule has 2 aromatic rings. The molecule has 10 heteroatoms. The molecular weight excluding hydrogens is 400 g/mol. The van der Waals surface area contributed by atoms with E-state index in [2.05, 4.69) is 43.8 Å². The number of nitrogens with one attached hydrogen (secondary N) is 1. The van der Waals surface area contributed by atoms with Crippen molar-refractivity contribution in [3.63, 3.8) is 0 Å². The zero-order chi connectivity index (χ0) is 20.1. The largest absolute Gasteiger partial charge is 0.378 e. The highest BCUT2D eigenvalue weighted by molar-refractivity contribution is 8.00. The fraction of sp³-hybridized carbons (Fsp3) is 0.556. The summed E-state index contributed by atoms with van der Waals surface area (Å²) in [5, 5.41) is 12.2. The summed E-state index contributed by atoms with van der Waals surface area (Å²) < 4.78 is 7.54. The third-order valence-electron chi connectivity index (χ3n) is 4.21. The van der Waals surface area contributed by atoms with Gasteiger partial charge in [0, 0.05) is 25.8 Å². The number of aromatic nitrogens is 4. The van der Waals surface area contributed by atoms with Gasteiger partial charge in [-0.05, 0) is 25.0 Å². The first-order valence-corrected chi connectivity index (χ1v) is 10.6. The molecule has 0 unspecified atom stereocenters. The van der Waals surface area contributed by atoms with Crippen molar-refractivity contribution in [3.8, 4) is 0 Å². The lowest BCUT2D eigenvalue weighted by molar-refractivity contribution is -0.115. The second-order valence-corrected chi connectivity index (χ2v) is 8.64. The molecule has 1 saturated heterocycles. The van der Waals surface area contributed by atoms with E-state index in [1.807, 2.05) is 6.92 Å². The normalized spacial score (nSPS) is 15.7. The Morgan fingerprint density at radius 3 is 2.75 bits per heavy atom. The Kier molecular flexibility index (Phi) is 7.14. The number of ether oxygens (including phenoxy) is 1. The summed E-state index contributed by atoms with van der Waals surface area (Å²) >= 11 is 7.42. The van der Waals surface area contributed by atoms with Crippen LogP contribution in [0.3, 0.4) is 0 Å². The van der Waals surface area contributed by atoms with Crippen molar-refractivity contribution < 1.29 is 9.53 Å². The van der Waals surface area contributed by atoms with Crippen molar-refractivity contribution >= 4 is 40.9 Å². The molecule has 0 bridgehead atoms. The van der Waals surface area contributed by atoms with E-state index >= 15 is 0 Å². The topological polar surface area (TPSA) is 85.2 Å². The molecule has 1 N–H and O–H groups in total. The lowest BCUT2D eigenvalue weighted by Crippen LogP contribution is -2.38. The molecule has 0 spiro atoms. The molecule has 1 atom stereocenters. The molecule has 1 aliphatic heterocycles. The first-order chi connectivity index (χ1) is 13.5. The van der Waals surface area contributed by atoms with Crippen molar-refractivity contribution in [2.24, 2.45) is 5.92 Å². The highest BCUT2D eigenvalue weighted by Gasteiger charge is 2.24. The third kappa shape index (κ3) is 5.15. The number of thioether (sulfide) groups is 1. The number of carbonyl (C=O) groups excluding carboxylic acids is 1. The molecule has 0 aromatic carbocycles. The van der Waals surface area contributed by atoms with Gasteiger partial charge in [0.05, 0.1) is 24.2 Å². The number of amides is 1. The number of hydrogen-bond acceptors (Lipinski definition) is 7. The van der Waals surface area contributed by atoms with Gasteiger partial charge in [-0.25, -0.2) is 4.98 Å². The number of halogens is 1. The van der Waals surface area contributed by atoms with Crippen LogP contribution in [0.15, 0.2) is 23.5 Å². The van der Waals surface area contributed by atoms with Gasteiger partial charge in [-0.1, -0.05) is 37.2 Å². The molecule has 3 rings (SSSR count). The van der Waals surface area contributed by atoms with E-state index in [1.54, 1.807) is 18.3 Å². The standard InChI is InChI=1S/C18H25ClN6O2S/c1-12(2)11-25-17(24-7-9-27-10-8-24)22-23-18(25)28-13(3)16(26)21-14-5-4-6-20-15(14)19/h4-6,12-13H,7-11H2,1-3H3,(H,21,26)/t13-/m0/s1. The third-order valence-corrected chi connectivity index (χ3v) is 5.59. The summed E-state index contributed by atoms with van der Waals surface area (Å²) in [5.74, 6) is 1.10. The summed E-state index contributed by atoms with van der Waals surface area (Å²) in [6.07, 6.45) is 1.58. The second kappa shape index (κ2) is 9.58. The van der Waals surface area contributed by atoms with Crippen LogP contribution in [-0.2, 0) is 16.1 Å². The summed E-state index contributed by atoms with van der Waals surface area (Å²) in [7, 11) is 0. The summed E-state index contributed by atoms with van der Waals surface area (Å²) in [6.45, 7) is 9.87. The fourth-order valence-corrected chi connectivity index (χ4v) is 3.84. The number of hydrogen-bond donors (Lipinski definition) is 1. The number of pyridine rings is 1. The summed E-state index contributed by atoms with van der Waals surface area (Å²) in [4.78, 5) is 18.8. The van der Waals surface area contributed by atoms with Crippen molar-refractivity contribution in [3.05, 3.63) is 23.5 Å². The maximum atomic E-state index is 12.6. The Labute approximate surface area is 174 Å². The van der Waals surface area contributed by atoms with E-state index in [0.29, 0.717) is 24.8 Å². The van der Waals surface area contributed by atoms with E-state index in [9.17, 15) is 4.79 Å². The first-order valence-electron chi connectivity index (χ1n) is 9.29. The van der Waals surface area contributed by atoms with Crippen molar-refractivity contribution in [2.75, 3.05) is 36.5 Å². The minimum absolute atomic E-state index is 0.160. The molecule has 0 radical (unpaired) electrons. The number of carbonyl (C=O) groups is 1. The zero-order valence-corrected chi connectivity index (χ0v) is 17.8. The summed E-state index contributed by atoms with van der Waals surface area (Å²) in [5.41, 5.74) is 0.499. The number of anilines is 2. The van der Waals surface area contributed by atoms with E-state index in [-0.39, 0.29) is 16.3 Å². The lowest BCUT2D eigenvalue weighted by atomic mass is 10.2. The first kappa shape index (κ1) is 20.9. The SMILES string of the molecule is CC(C)Cn1c(S[C@@H](C)C(=O)Nc2cccnc2Cl)nnc1N1CCOCC1. The zero-order valence-electron chi connectivity index (χ0n) is 16.3. The Morgan fingerprint density at radius 2 is 2.07 bits per heavy atom. The van der Waals surface area contributed by atoms with Gasteiger partial charge in [0.2, 0.25) is 11.9 Å². The molecule has 1 aliphatic rings. The number of rotatable bonds is 7. The molecule has 2 aromatic heterocycles. The van der Waals surface area contributed by atoms with Gasteiger partial charge in [-0.3, -0.25) is 9.36 Å². The maximum Gasteiger partial charge on any atom is 0.237 e. The Balaban J connectivity index is 1.74. The number of nitrogens with zero attached hydrogens (tertiary/aromatic N) is 5. The highest BCUT2D eigenvalue weighted by atomic mass is 35.5. The van der Waals surface area contributed by atoms with Gasteiger partial charge in [0.15, 0.2) is 10.3 Å². The quantitative estimate of drug-likeness (QED) is 0.540. The Hall–Kier alpha value is -1.84. The Bertz CT molecular complexity index is 809. The van der Waals surface area contributed by atoms with Crippen LogP contribution in [0.2, 0.25) is 5.15 Å². The van der Waals surface area contributed by atoms with Gasteiger partial charge in [-0.2, -0.15) is 0 Å². The van der Waals surface area contributed by atoms with Crippen LogP contribution >= 0.6 is 23.4 Å². The minimum atomic E-state index is -0.371. The molecule has 152 valence electrons. The van der Waals surface area contributed by atoms with Gasteiger partial charge < -0.3 is 15.0 Å². The predicted octanol–water partition coefficient (Wildman–Crippen LogP) is 2.94. The van der Waals surface area contributed by atoms with Crippen LogP contribution in [0.4, 0.5) is 11.6 Å². The van der Waals surface area contributed by atoms with Crippen LogP contribution in [0.5, 0.6) is 0 Å². The molecule has 0 saturated carbocycles. The van der Waals surface area contributed by atoms with E-state index in [0.717, 1.165) is 30.7 Å². The maximum absolute atomic E-state index is 12.6. The fourth-order valence-electron chi connectivity index (χ4n) is 2.82. The molecule has 0 aliphatic carbocycles. The van der Waals surface area contributed by atoms with Gasteiger partial charge in [-0.15, -0.1) is 10.2 Å². The van der Waals surface area contributed by atoms with Crippen LogP contribution in [0, 0.1) is 5.92 Å². The van der Waals surface area contributed by atoms with Gasteiger partial charge in [0.25, 0.3) is 0 Å². The molecule has 3 heterocycles. The smallest absolute Gasteiger partial charge is 0.237 e. The second-order valence-electron chi connectivity index (χ2n) is 6.98. The molecule has 8 nitrogen and oxygen atoms in total. The molecule has 1 amide bonds. The average Bonchev–Trinajstić information content (AvgIpc) is 3.06. The lowest BCUT2D eigenvalue weighted by Gasteiger charge is -2.28. The van der Waals surface area contributed by atoms with Crippen molar-refractivity contribution in [2.45, 2.75) is 37.7 Å². The monoisotopic (exact) mass is 424 g/mol. The summed E-state index contributed by atoms with van der Waals surface area (Å²) in [6, 6.07) is 3.45. The average molecular weight is 425 g/mol. The van der Waals surface area contributed by atoms with Crippen LogP contribution in [0.25, 0.3) is 0 Å². The number of morpholine rings is 1. The molecule has 28 heavy (non-hydrogen) atoms. The molecule has 1 fully saturated rings. The predicted molar refractivity (Wildman–Crippen MR) is 111 cm³/mol. The van der Waals surface area contributed by atoms with Crippen molar-refractivity contribution in [1.29, 1.82) is 0 Å². The van der Waals surface area contributed by atoms with E-state index in [1.165, 1.54) is 11.8 Å².